The summed E-state index contributed by atoms with van der Waals surface area (Å²) in [5, 5.41) is 10.6. The zero-order valence-corrected chi connectivity index (χ0v) is 63.8. The van der Waals surface area contributed by atoms with E-state index in [-0.39, 0.29) is 25.7 Å². The summed E-state index contributed by atoms with van der Waals surface area (Å²) >= 11 is 0. The van der Waals surface area contributed by atoms with Crippen molar-refractivity contribution >= 4 is 39.5 Å². The lowest BCUT2D eigenvalue weighted by Crippen LogP contribution is -2.30. The first-order valence-corrected chi connectivity index (χ1v) is 42.4. The first kappa shape index (κ1) is 93.5. The second-order valence-corrected chi connectivity index (χ2v) is 30.4. The molecule has 17 nitrogen and oxygen atoms in total. The monoisotopic (exact) mass is 1410 g/mol. The minimum Gasteiger partial charge on any atom is -0.462 e. The molecule has 0 aromatic heterocycles. The molecular weight excluding hydrogens is 1260 g/mol. The van der Waals surface area contributed by atoms with Crippen LogP contribution in [0.4, 0.5) is 0 Å². The second kappa shape index (κ2) is 69.6. The van der Waals surface area contributed by atoms with E-state index in [1.807, 2.05) is 0 Å². The molecule has 0 aliphatic heterocycles. The third-order valence-electron chi connectivity index (χ3n) is 17.4. The minimum atomic E-state index is -4.96. The van der Waals surface area contributed by atoms with Crippen LogP contribution in [-0.4, -0.2) is 96.7 Å². The van der Waals surface area contributed by atoms with Crippen LogP contribution in [0.25, 0.3) is 0 Å². The molecule has 5 atom stereocenters. The molecule has 566 valence electrons. The van der Waals surface area contributed by atoms with E-state index in [0.29, 0.717) is 25.7 Å². The fraction of sp³-hybridized carbons (Fsp3) is 0.896. The molecule has 3 N–H and O–H groups in total. The smallest absolute Gasteiger partial charge is 0.462 e. The highest BCUT2D eigenvalue weighted by atomic mass is 31.2. The van der Waals surface area contributed by atoms with Gasteiger partial charge < -0.3 is 33.8 Å². The summed E-state index contributed by atoms with van der Waals surface area (Å²) in [6.07, 6.45) is 61.8. The maximum atomic E-state index is 13.1. The van der Waals surface area contributed by atoms with Gasteiger partial charge in [-0.05, 0) is 57.3 Å². The average molecular weight is 1410 g/mol. The van der Waals surface area contributed by atoms with E-state index in [0.717, 1.165) is 115 Å². The number of rotatable bonds is 75. The molecule has 0 rings (SSSR count). The van der Waals surface area contributed by atoms with Gasteiger partial charge in [-0.2, -0.15) is 0 Å². The molecule has 0 aliphatic carbocycles. The number of aliphatic hydroxyl groups is 1. The van der Waals surface area contributed by atoms with Crippen LogP contribution in [0.2, 0.25) is 0 Å². The van der Waals surface area contributed by atoms with Gasteiger partial charge in [0.25, 0.3) is 0 Å². The number of carbonyl (C=O) groups excluding carboxylic acids is 4. The number of carbonyl (C=O) groups is 4. The summed E-state index contributed by atoms with van der Waals surface area (Å²) in [5.74, 6) is -1.42. The van der Waals surface area contributed by atoms with E-state index in [9.17, 15) is 43.2 Å². The molecular formula is C77H146O17P2. The Morgan fingerprint density at radius 2 is 0.562 bits per heavy atom. The third kappa shape index (κ3) is 70.0. The maximum absolute atomic E-state index is 13.1. The standard InChI is InChI=1S/C77H146O17P2/c1-6-9-12-15-18-21-24-27-29-30-32-35-38-41-48-53-58-63-77(82)93-72(66-87-74(79)60-55-50-45-39-36-34-31-28-25-22-19-16-13-10-7-2)68-91-95(83,84)89-64-71(78)65-90-96(85,86)92-69-73(67-88-75(80)61-56-51-46-43-42-44-49-54-59-70(4)5)94-76(81)62-57-52-47-40-37-33-26-23-20-17-14-11-8-3/h22,25,28,31,70-73,78H,6-21,23-24,26-27,29-30,32-69H2,1-5H3,(H,83,84)(H,85,86)/b25-22-,31-28-/t71-,72-,73-/m1/s1. The number of aliphatic hydroxyl groups excluding tert-OH is 1. The molecule has 0 aromatic carbocycles. The van der Waals surface area contributed by atoms with Crippen LogP contribution in [-0.2, 0) is 65.4 Å². The Morgan fingerprint density at radius 3 is 0.854 bits per heavy atom. The number of esters is 4. The normalized spacial score (nSPS) is 14.1. The summed E-state index contributed by atoms with van der Waals surface area (Å²) < 4.78 is 68.5. The van der Waals surface area contributed by atoms with Gasteiger partial charge >= 0.3 is 39.5 Å². The Kier molecular flexibility index (Phi) is 67.8. The number of phosphoric ester groups is 2. The van der Waals surface area contributed by atoms with Crippen LogP contribution in [0.3, 0.4) is 0 Å². The summed E-state index contributed by atoms with van der Waals surface area (Å²) in [7, 11) is -9.92. The van der Waals surface area contributed by atoms with Crippen molar-refractivity contribution in [3.8, 4) is 0 Å². The first-order valence-electron chi connectivity index (χ1n) is 39.5. The summed E-state index contributed by atoms with van der Waals surface area (Å²) in [6, 6.07) is 0. The highest BCUT2D eigenvalue weighted by Crippen LogP contribution is 2.45. The highest BCUT2D eigenvalue weighted by Gasteiger charge is 2.30. The number of hydrogen-bond donors (Lipinski definition) is 3. The van der Waals surface area contributed by atoms with Crippen molar-refractivity contribution < 1.29 is 80.2 Å². The molecule has 0 bridgehead atoms. The Labute approximate surface area is 586 Å². The van der Waals surface area contributed by atoms with Crippen LogP contribution < -0.4 is 0 Å². The molecule has 0 saturated heterocycles. The minimum absolute atomic E-state index is 0.102. The van der Waals surface area contributed by atoms with Gasteiger partial charge in [0.05, 0.1) is 26.4 Å². The molecule has 0 aliphatic rings. The van der Waals surface area contributed by atoms with E-state index < -0.39 is 97.5 Å². The number of allylic oxidation sites excluding steroid dienone is 4. The lowest BCUT2D eigenvalue weighted by Gasteiger charge is -2.21. The SMILES string of the molecule is CCCCCC/C=C\C=C/CCCCCCCC(=O)OC[C@H](COP(=O)(O)OC[C@@H](O)COP(=O)(O)OC[C@@H](COC(=O)CCCCCCCCCCC(C)C)OC(=O)CCCCCCCCCCCCCCC)OC(=O)CCCCCCCCCCCCCCCCCCC. The predicted octanol–water partition coefficient (Wildman–Crippen LogP) is 22.4. The summed E-state index contributed by atoms with van der Waals surface area (Å²) in [4.78, 5) is 72.8. The van der Waals surface area contributed by atoms with E-state index in [2.05, 4.69) is 58.9 Å². The molecule has 0 fully saturated rings. The maximum Gasteiger partial charge on any atom is 0.472 e. The van der Waals surface area contributed by atoms with E-state index in [4.69, 9.17) is 37.0 Å². The van der Waals surface area contributed by atoms with Crippen LogP contribution in [0.1, 0.15) is 381 Å². The molecule has 0 heterocycles. The predicted molar refractivity (Wildman–Crippen MR) is 391 cm³/mol. The Balaban J connectivity index is 5.29. The highest BCUT2D eigenvalue weighted by molar-refractivity contribution is 7.47. The van der Waals surface area contributed by atoms with Gasteiger partial charge in [0.1, 0.15) is 19.3 Å². The van der Waals surface area contributed by atoms with Crippen molar-refractivity contribution in [2.45, 2.75) is 400 Å². The molecule has 0 radical (unpaired) electrons. The van der Waals surface area contributed by atoms with Crippen molar-refractivity contribution in [1.29, 1.82) is 0 Å². The molecule has 0 spiro atoms. The van der Waals surface area contributed by atoms with Gasteiger partial charge in [-0.25, -0.2) is 9.13 Å². The van der Waals surface area contributed by atoms with Crippen molar-refractivity contribution in [2.24, 2.45) is 5.92 Å². The topological polar surface area (TPSA) is 237 Å². The Hall–Kier alpha value is -2.46. The van der Waals surface area contributed by atoms with Crippen LogP contribution in [0, 0.1) is 5.92 Å². The molecule has 0 amide bonds. The number of phosphoric acid groups is 2. The van der Waals surface area contributed by atoms with Gasteiger partial charge in [0.15, 0.2) is 12.2 Å². The Morgan fingerprint density at radius 1 is 0.323 bits per heavy atom. The van der Waals surface area contributed by atoms with Gasteiger partial charge in [-0.15, -0.1) is 0 Å². The van der Waals surface area contributed by atoms with Crippen molar-refractivity contribution in [3.05, 3.63) is 24.3 Å². The average Bonchev–Trinajstić information content (AvgIpc) is 2.14. The van der Waals surface area contributed by atoms with Gasteiger partial charge in [0.2, 0.25) is 0 Å². The van der Waals surface area contributed by atoms with Crippen molar-refractivity contribution in [3.63, 3.8) is 0 Å². The quantitative estimate of drug-likeness (QED) is 0.0169. The zero-order chi connectivity index (χ0) is 70.5. The van der Waals surface area contributed by atoms with E-state index >= 15 is 0 Å². The van der Waals surface area contributed by atoms with Crippen molar-refractivity contribution in [1.82, 2.24) is 0 Å². The summed E-state index contributed by atoms with van der Waals surface area (Å²) in [6.45, 7) is 7.20. The van der Waals surface area contributed by atoms with Crippen LogP contribution >= 0.6 is 15.6 Å². The lowest BCUT2D eigenvalue weighted by atomic mass is 10.0. The molecule has 19 heteroatoms. The van der Waals surface area contributed by atoms with Gasteiger partial charge in [-0.3, -0.25) is 37.3 Å². The largest absolute Gasteiger partial charge is 0.472 e. The van der Waals surface area contributed by atoms with Crippen molar-refractivity contribution in [2.75, 3.05) is 39.6 Å². The summed E-state index contributed by atoms with van der Waals surface area (Å²) in [5.41, 5.74) is 0. The molecule has 2 unspecified atom stereocenters. The Bertz CT molecular complexity index is 1930. The van der Waals surface area contributed by atoms with Crippen LogP contribution in [0.5, 0.6) is 0 Å². The third-order valence-corrected chi connectivity index (χ3v) is 19.3. The number of unbranched alkanes of at least 4 members (excludes halogenated alkanes) is 44. The van der Waals surface area contributed by atoms with E-state index in [1.54, 1.807) is 0 Å². The first-order chi connectivity index (χ1) is 46.5. The van der Waals surface area contributed by atoms with Gasteiger partial charge in [0, 0.05) is 25.7 Å². The molecule has 96 heavy (non-hydrogen) atoms. The molecule has 0 aromatic rings. The fourth-order valence-corrected chi connectivity index (χ4v) is 12.9. The fourth-order valence-electron chi connectivity index (χ4n) is 11.3. The van der Waals surface area contributed by atoms with Crippen LogP contribution in [0.15, 0.2) is 24.3 Å². The lowest BCUT2D eigenvalue weighted by molar-refractivity contribution is -0.161. The second-order valence-electron chi connectivity index (χ2n) is 27.5. The van der Waals surface area contributed by atoms with Gasteiger partial charge in [-0.1, -0.05) is 329 Å². The molecule has 0 saturated carbocycles. The number of ether oxygens (including phenoxy) is 4. The van der Waals surface area contributed by atoms with E-state index in [1.165, 1.54) is 186 Å². The number of hydrogen-bond acceptors (Lipinski definition) is 15. The zero-order valence-electron chi connectivity index (χ0n) is 62.0.